The van der Waals surface area contributed by atoms with Crippen LogP contribution in [0, 0.1) is 0 Å². The fourth-order valence-electron chi connectivity index (χ4n) is 2.65. The highest BCUT2D eigenvalue weighted by molar-refractivity contribution is 9.10. The van der Waals surface area contributed by atoms with Gasteiger partial charge in [0.25, 0.3) is 5.69 Å². The van der Waals surface area contributed by atoms with Crippen LogP contribution in [0.15, 0.2) is 58.1 Å². The van der Waals surface area contributed by atoms with Gasteiger partial charge in [-0.05, 0) is 53.7 Å². The molecule has 1 aromatic heterocycles. The lowest BCUT2D eigenvalue weighted by Gasteiger charge is -2.03. The molecule has 2 aromatic carbocycles. The summed E-state index contributed by atoms with van der Waals surface area (Å²) >= 11 is 3.31. The highest BCUT2D eigenvalue weighted by Crippen LogP contribution is 2.14. The van der Waals surface area contributed by atoms with Gasteiger partial charge in [-0.3, -0.25) is 4.79 Å². The predicted octanol–water partition coefficient (Wildman–Crippen LogP) is 1.96. The molecule has 0 atom stereocenters. The lowest BCUT2D eigenvalue weighted by atomic mass is 10.1. The van der Waals surface area contributed by atoms with Crippen molar-refractivity contribution >= 4 is 33.9 Å². The second kappa shape index (κ2) is 9.98. The number of rotatable bonds is 8. The topological polar surface area (TPSA) is 110 Å². The minimum Gasteiger partial charge on any atom is -0.836 e. The fraction of sp³-hybridized carbons (Fsp3) is 0.190. The molecular weight excluding hydrogens is 468 g/mol. The molecule has 0 bridgehead atoms. The maximum Gasteiger partial charge on any atom is 0.383 e. The van der Waals surface area contributed by atoms with Crippen molar-refractivity contribution in [1.82, 2.24) is 10.0 Å². The van der Waals surface area contributed by atoms with Crippen LogP contribution in [0.2, 0.25) is 0 Å². The molecule has 0 spiro atoms. The van der Waals surface area contributed by atoms with Gasteiger partial charge in [-0.2, -0.15) is 0 Å². The standard InChI is InChI=1S/C21H19BrN4O5/c1-3-31-21(29)19-20(28)26(23-12-14-4-10-17(30-2)11-5-14)24-25(19)13-18(27)15-6-8-16(22)9-7-15/h4-12H,3,13H2,1-2H3/b23-12+. The molecule has 0 fully saturated rings. The Hall–Kier alpha value is -3.53. The first-order valence-corrected chi connectivity index (χ1v) is 10.1. The Kier molecular flexibility index (Phi) is 7.14. The smallest absolute Gasteiger partial charge is 0.383 e. The molecular formula is C21H19BrN4O5. The molecule has 3 aromatic rings. The predicted molar refractivity (Wildman–Crippen MR) is 112 cm³/mol. The molecule has 0 aliphatic heterocycles. The van der Waals surface area contributed by atoms with Gasteiger partial charge in [0.2, 0.25) is 5.78 Å². The van der Waals surface area contributed by atoms with Crippen molar-refractivity contribution in [3.05, 3.63) is 69.8 Å². The van der Waals surface area contributed by atoms with Crippen LogP contribution in [0.25, 0.3) is 0 Å². The minimum absolute atomic E-state index is 0.0687. The van der Waals surface area contributed by atoms with Crippen LogP contribution in [0.4, 0.5) is 0 Å². The van der Waals surface area contributed by atoms with E-state index in [9.17, 15) is 14.7 Å². The van der Waals surface area contributed by atoms with Crippen molar-refractivity contribution < 1.29 is 28.9 Å². The summed E-state index contributed by atoms with van der Waals surface area (Å²) in [7, 11) is 1.56. The second-order valence-corrected chi connectivity index (χ2v) is 7.17. The van der Waals surface area contributed by atoms with Crippen LogP contribution in [-0.4, -0.2) is 41.7 Å². The van der Waals surface area contributed by atoms with E-state index in [0.717, 1.165) is 13.9 Å². The van der Waals surface area contributed by atoms with Crippen LogP contribution in [0.1, 0.15) is 33.3 Å². The van der Waals surface area contributed by atoms with E-state index in [1.807, 2.05) is 0 Å². The highest BCUT2D eigenvalue weighted by atomic mass is 79.9. The monoisotopic (exact) mass is 486 g/mol. The average Bonchev–Trinajstić information content (AvgIpc) is 3.08. The maximum absolute atomic E-state index is 12.7. The van der Waals surface area contributed by atoms with E-state index in [2.05, 4.69) is 26.2 Å². The van der Waals surface area contributed by atoms with Crippen LogP contribution in [0.3, 0.4) is 0 Å². The lowest BCUT2D eigenvalue weighted by molar-refractivity contribution is -0.745. The van der Waals surface area contributed by atoms with E-state index in [-0.39, 0.29) is 24.6 Å². The van der Waals surface area contributed by atoms with Gasteiger partial charge < -0.3 is 14.6 Å². The number of hydrogen-bond donors (Lipinski definition) is 0. The molecule has 0 unspecified atom stereocenters. The molecule has 9 nitrogen and oxygen atoms in total. The van der Waals surface area contributed by atoms with Crippen LogP contribution in [0.5, 0.6) is 11.6 Å². The van der Waals surface area contributed by atoms with E-state index in [4.69, 9.17) is 9.47 Å². The van der Waals surface area contributed by atoms with Crippen molar-refractivity contribution in [2.24, 2.45) is 5.10 Å². The Labute approximate surface area is 186 Å². The van der Waals surface area contributed by atoms with Crippen molar-refractivity contribution in [2.45, 2.75) is 13.5 Å². The first-order chi connectivity index (χ1) is 14.9. The number of nitrogens with zero attached hydrogens (tertiary/aromatic N) is 4. The number of aromatic nitrogens is 3. The van der Waals surface area contributed by atoms with E-state index in [1.165, 1.54) is 6.21 Å². The minimum atomic E-state index is -0.873. The zero-order valence-electron chi connectivity index (χ0n) is 16.8. The molecule has 31 heavy (non-hydrogen) atoms. The summed E-state index contributed by atoms with van der Waals surface area (Å²) in [6.07, 6.45) is 1.41. The zero-order chi connectivity index (χ0) is 22.4. The molecule has 10 heteroatoms. The van der Waals surface area contributed by atoms with Crippen molar-refractivity contribution in [3.8, 4) is 11.6 Å². The molecule has 0 aliphatic rings. The number of carbonyl (C=O) groups is 2. The summed E-state index contributed by atoms with van der Waals surface area (Å²) in [5, 5.41) is 20.8. The molecule has 3 rings (SSSR count). The van der Waals surface area contributed by atoms with Gasteiger partial charge in [0.1, 0.15) is 11.0 Å². The summed E-state index contributed by atoms with van der Waals surface area (Å²) in [5.41, 5.74) is 0.722. The SMILES string of the molecule is CCOC(=O)c1c([O-])n(/N=C/c2ccc(OC)cc2)n[n+]1CC(=O)c1ccc(Br)cc1. The number of ketones is 1. The molecule has 1 heterocycles. The number of Topliss-reactive ketones (excluding diaryl/α,β-unsaturated/α-hetero) is 1. The largest absolute Gasteiger partial charge is 0.836 e. The van der Waals surface area contributed by atoms with Gasteiger partial charge in [0.15, 0.2) is 12.4 Å². The first kappa shape index (κ1) is 22.2. The third-order valence-corrected chi connectivity index (χ3v) is 4.72. The Morgan fingerprint density at radius 1 is 1.19 bits per heavy atom. The zero-order valence-corrected chi connectivity index (χ0v) is 18.4. The quantitative estimate of drug-likeness (QED) is 0.208. The van der Waals surface area contributed by atoms with Gasteiger partial charge in [-0.1, -0.05) is 33.2 Å². The van der Waals surface area contributed by atoms with Crippen molar-refractivity contribution in [1.29, 1.82) is 0 Å². The molecule has 0 N–H and O–H groups in total. The number of benzene rings is 2. The number of halogens is 1. The van der Waals surface area contributed by atoms with Crippen LogP contribution in [-0.2, 0) is 11.3 Å². The third-order valence-electron chi connectivity index (χ3n) is 4.20. The van der Waals surface area contributed by atoms with E-state index >= 15 is 0 Å². The Balaban J connectivity index is 1.91. The average molecular weight is 487 g/mol. The molecule has 0 aliphatic carbocycles. The highest BCUT2D eigenvalue weighted by Gasteiger charge is 2.29. The Morgan fingerprint density at radius 3 is 2.48 bits per heavy atom. The Morgan fingerprint density at radius 2 is 1.87 bits per heavy atom. The van der Waals surface area contributed by atoms with E-state index < -0.39 is 11.8 Å². The molecule has 0 saturated heterocycles. The van der Waals surface area contributed by atoms with Crippen molar-refractivity contribution in [2.75, 3.05) is 13.7 Å². The number of hydrogen-bond acceptors (Lipinski definition) is 7. The second-order valence-electron chi connectivity index (χ2n) is 6.26. The van der Waals surface area contributed by atoms with Crippen LogP contribution < -0.4 is 14.5 Å². The number of ether oxygens (including phenoxy) is 2. The number of methoxy groups -OCH3 is 1. The number of carbonyl (C=O) groups excluding carboxylic acids is 2. The van der Waals surface area contributed by atoms with Gasteiger partial charge in [0.05, 0.1) is 19.9 Å². The van der Waals surface area contributed by atoms with E-state index in [1.54, 1.807) is 62.6 Å². The van der Waals surface area contributed by atoms with E-state index in [0.29, 0.717) is 16.9 Å². The molecule has 0 amide bonds. The van der Waals surface area contributed by atoms with Crippen molar-refractivity contribution in [3.63, 3.8) is 0 Å². The van der Waals surface area contributed by atoms with Gasteiger partial charge in [-0.25, -0.2) is 4.79 Å². The maximum atomic E-state index is 12.7. The van der Waals surface area contributed by atoms with Gasteiger partial charge in [-0.15, -0.1) is 4.68 Å². The summed E-state index contributed by atoms with van der Waals surface area (Å²) in [5.74, 6) is -1.31. The molecule has 0 saturated carbocycles. The summed E-state index contributed by atoms with van der Waals surface area (Å²) in [6.45, 7) is 1.36. The van der Waals surface area contributed by atoms with Gasteiger partial charge in [0, 0.05) is 10.0 Å². The molecule has 0 radical (unpaired) electrons. The molecule has 160 valence electrons. The lowest BCUT2D eigenvalue weighted by Crippen LogP contribution is -2.45. The summed E-state index contributed by atoms with van der Waals surface area (Å²) in [4.78, 5) is 25.7. The fourth-order valence-corrected chi connectivity index (χ4v) is 2.91. The summed E-state index contributed by atoms with van der Waals surface area (Å²) < 4.78 is 11.9. The normalized spacial score (nSPS) is 10.9. The summed E-state index contributed by atoms with van der Waals surface area (Å²) in [6, 6.07) is 13.7. The third kappa shape index (κ3) is 5.34. The van der Waals surface area contributed by atoms with Gasteiger partial charge >= 0.3 is 5.97 Å². The first-order valence-electron chi connectivity index (χ1n) is 9.27. The Bertz CT molecular complexity index is 1110. The number of esters is 1. The van der Waals surface area contributed by atoms with Crippen LogP contribution >= 0.6 is 15.9 Å².